The molecule has 17 heavy (non-hydrogen) atoms. The summed E-state index contributed by atoms with van der Waals surface area (Å²) in [5.74, 6) is 1.93. The molecule has 0 saturated heterocycles. The highest BCUT2D eigenvalue weighted by Crippen LogP contribution is 2.08. The van der Waals surface area contributed by atoms with Crippen LogP contribution in [-0.4, -0.2) is 15.1 Å². The second-order valence-electron chi connectivity index (χ2n) is 6.18. The molecule has 1 aromatic heterocycles. The predicted molar refractivity (Wildman–Crippen MR) is 72.9 cm³/mol. The summed E-state index contributed by atoms with van der Waals surface area (Å²) < 4.78 is 2.26. The maximum atomic E-state index is 4.42. The number of hydrogen-bond donors (Lipinski definition) is 1. The van der Waals surface area contributed by atoms with Gasteiger partial charge in [-0.2, -0.15) is 0 Å². The van der Waals surface area contributed by atoms with E-state index in [2.05, 4.69) is 55.7 Å². The van der Waals surface area contributed by atoms with Gasteiger partial charge in [-0.3, -0.25) is 0 Å². The van der Waals surface area contributed by atoms with Gasteiger partial charge in [0.1, 0.15) is 5.82 Å². The van der Waals surface area contributed by atoms with Gasteiger partial charge < -0.3 is 9.88 Å². The summed E-state index contributed by atoms with van der Waals surface area (Å²) in [5, 5.41) is 3.48. The van der Waals surface area contributed by atoms with Gasteiger partial charge in [0.25, 0.3) is 0 Å². The van der Waals surface area contributed by atoms with Crippen molar-refractivity contribution < 1.29 is 0 Å². The van der Waals surface area contributed by atoms with Crippen LogP contribution in [0.1, 0.15) is 53.3 Å². The summed E-state index contributed by atoms with van der Waals surface area (Å²) >= 11 is 0. The Balaban J connectivity index is 2.43. The molecule has 0 aliphatic carbocycles. The van der Waals surface area contributed by atoms with Crippen molar-refractivity contribution in [3.8, 4) is 0 Å². The van der Waals surface area contributed by atoms with E-state index < -0.39 is 0 Å². The Bertz CT molecular complexity index is 320. The smallest absolute Gasteiger partial charge is 0.122 e. The van der Waals surface area contributed by atoms with Crippen LogP contribution in [0.5, 0.6) is 0 Å². The average Bonchev–Trinajstić information content (AvgIpc) is 2.61. The van der Waals surface area contributed by atoms with Crippen LogP contribution in [-0.2, 0) is 13.1 Å². The van der Waals surface area contributed by atoms with Crippen LogP contribution in [0.25, 0.3) is 0 Å². The van der Waals surface area contributed by atoms with Crippen LogP contribution in [0.3, 0.4) is 0 Å². The van der Waals surface area contributed by atoms with Gasteiger partial charge in [-0.25, -0.2) is 4.98 Å². The number of aryl methyl sites for hydroxylation is 1. The first-order chi connectivity index (χ1) is 7.88. The lowest BCUT2D eigenvalue weighted by Gasteiger charge is -2.20. The molecular weight excluding hydrogens is 210 g/mol. The normalized spacial score (nSPS) is 12.4. The minimum absolute atomic E-state index is 0.148. The van der Waals surface area contributed by atoms with Gasteiger partial charge in [-0.1, -0.05) is 13.8 Å². The number of rotatable bonds is 6. The molecule has 3 nitrogen and oxygen atoms in total. The van der Waals surface area contributed by atoms with Gasteiger partial charge >= 0.3 is 0 Å². The van der Waals surface area contributed by atoms with E-state index >= 15 is 0 Å². The first kappa shape index (κ1) is 14.2. The average molecular weight is 237 g/mol. The van der Waals surface area contributed by atoms with Gasteiger partial charge in [-0.05, 0) is 39.5 Å². The number of nitrogens with one attached hydrogen (secondary N) is 1. The topological polar surface area (TPSA) is 29.9 Å². The molecule has 0 bridgehead atoms. The Hall–Kier alpha value is -0.830. The Morgan fingerprint density at radius 1 is 1.35 bits per heavy atom. The van der Waals surface area contributed by atoms with Crippen molar-refractivity contribution >= 4 is 0 Å². The zero-order valence-electron chi connectivity index (χ0n) is 12.0. The second-order valence-corrected chi connectivity index (χ2v) is 6.18. The molecule has 98 valence electrons. The summed E-state index contributed by atoms with van der Waals surface area (Å²) in [6.45, 7) is 13.0. The zero-order chi connectivity index (χ0) is 12.9. The molecule has 1 heterocycles. The van der Waals surface area contributed by atoms with E-state index in [0.29, 0.717) is 0 Å². The molecule has 3 heteroatoms. The van der Waals surface area contributed by atoms with E-state index in [1.165, 1.54) is 12.8 Å². The highest BCUT2D eigenvalue weighted by Gasteiger charge is 2.10. The number of aromatic nitrogens is 2. The van der Waals surface area contributed by atoms with Crippen molar-refractivity contribution in [2.45, 2.75) is 66.1 Å². The lowest BCUT2D eigenvalue weighted by Crippen LogP contribution is -2.35. The number of nitrogens with zero attached hydrogens (tertiary/aromatic N) is 2. The van der Waals surface area contributed by atoms with E-state index in [4.69, 9.17) is 0 Å². The number of hydrogen-bond acceptors (Lipinski definition) is 2. The van der Waals surface area contributed by atoms with Crippen molar-refractivity contribution in [3.63, 3.8) is 0 Å². The SMILES string of the molecule is CC(C)CCCn1ccnc1CNC(C)(C)C. The molecule has 0 fully saturated rings. The maximum Gasteiger partial charge on any atom is 0.122 e. The van der Waals surface area contributed by atoms with Gasteiger partial charge in [-0.15, -0.1) is 0 Å². The minimum atomic E-state index is 0.148. The molecule has 0 amide bonds. The summed E-state index contributed by atoms with van der Waals surface area (Å²) in [4.78, 5) is 4.42. The lowest BCUT2D eigenvalue weighted by atomic mass is 10.1. The Morgan fingerprint density at radius 2 is 2.06 bits per heavy atom. The van der Waals surface area contributed by atoms with E-state index in [0.717, 1.165) is 24.8 Å². The fourth-order valence-electron chi connectivity index (χ4n) is 1.72. The van der Waals surface area contributed by atoms with E-state index in [1.807, 2.05) is 6.20 Å². The van der Waals surface area contributed by atoms with Crippen molar-refractivity contribution in [1.29, 1.82) is 0 Å². The van der Waals surface area contributed by atoms with Crippen LogP contribution in [0.4, 0.5) is 0 Å². The highest BCUT2D eigenvalue weighted by atomic mass is 15.1. The first-order valence-electron chi connectivity index (χ1n) is 6.63. The van der Waals surface area contributed by atoms with Crippen molar-refractivity contribution in [1.82, 2.24) is 14.9 Å². The molecule has 0 aromatic carbocycles. The summed E-state index contributed by atoms with van der Waals surface area (Å²) in [5.41, 5.74) is 0.148. The second kappa shape index (κ2) is 6.20. The molecule has 0 atom stereocenters. The molecular formula is C14H27N3. The molecule has 1 N–H and O–H groups in total. The third kappa shape index (κ3) is 5.87. The van der Waals surface area contributed by atoms with E-state index in [-0.39, 0.29) is 5.54 Å². The molecule has 0 spiro atoms. The highest BCUT2D eigenvalue weighted by molar-refractivity contribution is 4.93. The van der Waals surface area contributed by atoms with Crippen LogP contribution >= 0.6 is 0 Å². The molecule has 0 saturated carbocycles. The summed E-state index contributed by atoms with van der Waals surface area (Å²) in [7, 11) is 0. The maximum absolute atomic E-state index is 4.42. The zero-order valence-corrected chi connectivity index (χ0v) is 12.0. The third-order valence-corrected chi connectivity index (χ3v) is 2.76. The van der Waals surface area contributed by atoms with Crippen LogP contribution in [0.2, 0.25) is 0 Å². The quantitative estimate of drug-likeness (QED) is 0.823. The van der Waals surface area contributed by atoms with Crippen molar-refractivity contribution in [2.75, 3.05) is 0 Å². The molecule has 0 radical (unpaired) electrons. The van der Waals surface area contributed by atoms with Crippen LogP contribution in [0, 0.1) is 5.92 Å². The van der Waals surface area contributed by atoms with E-state index in [9.17, 15) is 0 Å². The fourth-order valence-corrected chi connectivity index (χ4v) is 1.72. The molecule has 1 aromatic rings. The van der Waals surface area contributed by atoms with Gasteiger partial charge in [0.2, 0.25) is 0 Å². The van der Waals surface area contributed by atoms with Crippen molar-refractivity contribution in [3.05, 3.63) is 18.2 Å². The Labute approximate surface area is 106 Å². The van der Waals surface area contributed by atoms with Crippen LogP contribution in [0.15, 0.2) is 12.4 Å². The Kier molecular flexibility index (Phi) is 5.19. The number of imidazole rings is 1. The van der Waals surface area contributed by atoms with Crippen LogP contribution < -0.4 is 5.32 Å². The monoisotopic (exact) mass is 237 g/mol. The molecule has 0 aliphatic heterocycles. The third-order valence-electron chi connectivity index (χ3n) is 2.76. The minimum Gasteiger partial charge on any atom is -0.334 e. The fraction of sp³-hybridized carbons (Fsp3) is 0.786. The molecule has 0 aliphatic rings. The van der Waals surface area contributed by atoms with Gasteiger partial charge in [0.15, 0.2) is 0 Å². The van der Waals surface area contributed by atoms with E-state index in [1.54, 1.807) is 0 Å². The molecule has 0 unspecified atom stereocenters. The largest absolute Gasteiger partial charge is 0.334 e. The lowest BCUT2D eigenvalue weighted by molar-refractivity contribution is 0.408. The molecule has 1 rings (SSSR count). The summed E-state index contributed by atoms with van der Waals surface area (Å²) in [6.07, 6.45) is 6.50. The first-order valence-corrected chi connectivity index (χ1v) is 6.63. The van der Waals surface area contributed by atoms with Gasteiger partial charge in [0, 0.05) is 24.5 Å². The van der Waals surface area contributed by atoms with Gasteiger partial charge in [0.05, 0.1) is 6.54 Å². The predicted octanol–water partition coefficient (Wildman–Crippen LogP) is 3.21. The standard InChI is InChI=1S/C14H27N3/c1-12(2)7-6-9-17-10-8-15-13(17)11-16-14(3,4)5/h8,10,12,16H,6-7,9,11H2,1-5H3. The Morgan fingerprint density at radius 3 is 2.65 bits per heavy atom. The van der Waals surface area contributed by atoms with Crippen molar-refractivity contribution in [2.24, 2.45) is 5.92 Å². The summed E-state index contributed by atoms with van der Waals surface area (Å²) in [6, 6.07) is 0.